The summed E-state index contributed by atoms with van der Waals surface area (Å²) in [5.41, 5.74) is 2.53. The average molecular weight is 364 g/mol. The third-order valence-corrected chi connectivity index (χ3v) is 4.99. The van der Waals surface area contributed by atoms with Crippen LogP contribution in [0, 0.1) is 5.92 Å². The summed E-state index contributed by atoms with van der Waals surface area (Å²) < 4.78 is 0. The standard InChI is InChI=1S/C23H28N2O2/c26-22(12-7-16-25-23(27)20-13-14-20)24-17-15-21(18-8-3-1-4-9-18)19-10-5-2-6-11-19/h1-6,8-11,20-21H,7,12-17H2,(H,24,26)(H,25,27). The van der Waals surface area contributed by atoms with Crippen molar-refractivity contribution in [3.63, 3.8) is 0 Å². The Morgan fingerprint density at radius 3 is 2.00 bits per heavy atom. The normalized spacial score (nSPS) is 13.4. The van der Waals surface area contributed by atoms with Crippen molar-refractivity contribution < 1.29 is 9.59 Å². The van der Waals surface area contributed by atoms with Crippen LogP contribution in [0.4, 0.5) is 0 Å². The minimum absolute atomic E-state index is 0.0514. The summed E-state index contributed by atoms with van der Waals surface area (Å²) in [4.78, 5) is 23.6. The van der Waals surface area contributed by atoms with Gasteiger partial charge in [0.05, 0.1) is 0 Å². The van der Waals surface area contributed by atoms with E-state index < -0.39 is 0 Å². The molecule has 27 heavy (non-hydrogen) atoms. The Balaban J connectivity index is 1.42. The quantitative estimate of drug-likeness (QED) is 0.633. The van der Waals surface area contributed by atoms with Gasteiger partial charge in [0, 0.05) is 31.3 Å². The zero-order chi connectivity index (χ0) is 18.9. The van der Waals surface area contributed by atoms with E-state index in [-0.39, 0.29) is 23.7 Å². The van der Waals surface area contributed by atoms with Crippen LogP contribution in [0.15, 0.2) is 60.7 Å². The van der Waals surface area contributed by atoms with Gasteiger partial charge in [0.15, 0.2) is 0 Å². The van der Waals surface area contributed by atoms with E-state index in [1.165, 1.54) is 11.1 Å². The van der Waals surface area contributed by atoms with E-state index in [0.29, 0.717) is 25.9 Å². The van der Waals surface area contributed by atoms with Crippen LogP contribution < -0.4 is 10.6 Å². The lowest BCUT2D eigenvalue weighted by molar-refractivity contribution is -0.123. The number of benzene rings is 2. The Morgan fingerprint density at radius 2 is 1.44 bits per heavy atom. The van der Waals surface area contributed by atoms with E-state index >= 15 is 0 Å². The minimum atomic E-state index is 0.0514. The Kier molecular flexibility index (Phi) is 7.03. The zero-order valence-corrected chi connectivity index (χ0v) is 15.7. The molecule has 1 fully saturated rings. The first-order valence-electron chi connectivity index (χ1n) is 9.88. The first kappa shape index (κ1) is 19.2. The van der Waals surface area contributed by atoms with Crippen LogP contribution in [0.5, 0.6) is 0 Å². The van der Waals surface area contributed by atoms with Gasteiger partial charge < -0.3 is 10.6 Å². The van der Waals surface area contributed by atoms with Crippen molar-refractivity contribution in [1.82, 2.24) is 10.6 Å². The second kappa shape index (κ2) is 9.91. The van der Waals surface area contributed by atoms with E-state index in [1.807, 2.05) is 12.1 Å². The van der Waals surface area contributed by atoms with Gasteiger partial charge in [-0.3, -0.25) is 9.59 Å². The lowest BCUT2D eigenvalue weighted by Crippen LogP contribution is -2.29. The first-order chi connectivity index (χ1) is 13.2. The third-order valence-electron chi connectivity index (χ3n) is 4.99. The maximum Gasteiger partial charge on any atom is 0.223 e. The van der Waals surface area contributed by atoms with Crippen molar-refractivity contribution in [1.29, 1.82) is 0 Å². The monoisotopic (exact) mass is 364 g/mol. The lowest BCUT2D eigenvalue weighted by Gasteiger charge is -2.18. The molecular formula is C23H28N2O2. The molecule has 3 rings (SSSR count). The number of rotatable bonds is 10. The summed E-state index contributed by atoms with van der Waals surface area (Å²) in [5, 5.41) is 5.92. The maximum atomic E-state index is 12.1. The summed E-state index contributed by atoms with van der Waals surface area (Å²) in [7, 11) is 0. The van der Waals surface area contributed by atoms with E-state index in [0.717, 1.165) is 19.3 Å². The van der Waals surface area contributed by atoms with Gasteiger partial charge in [-0.1, -0.05) is 60.7 Å². The van der Waals surface area contributed by atoms with Crippen LogP contribution in [0.3, 0.4) is 0 Å². The molecule has 1 saturated carbocycles. The van der Waals surface area contributed by atoms with Crippen LogP contribution in [-0.4, -0.2) is 24.9 Å². The van der Waals surface area contributed by atoms with Gasteiger partial charge in [-0.2, -0.15) is 0 Å². The summed E-state index contributed by atoms with van der Waals surface area (Å²) in [6.45, 7) is 1.22. The predicted molar refractivity (Wildman–Crippen MR) is 107 cm³/mol. The van der Waals surface area contributed by atoms with Gasteiger partial charge in [-0.25, -0.2) is 0 Å². The molecule has 2 N–H and O–H groups in total. The maximum absolute atomic E-state index is 12.1. The molecule has 142 valence electrons. The van der Waals surface area contributed by atoms with Crippen molar-refractivity contribution in [2.45, 2.75) is 38.0 Å². The summed E-state index contributed by atoms with van der Waals surface area (Å²) in [5.74, 6) is 0.691. The summed E-state index contributed by atoms with van der Waals surface area (Å²) in [6, 6.07) is 20.8. The molecule has 1 aliphatic rings. The molecule has 2 aromatic carbocycles. The highest BCUT2D eigenvalue weighted by molar-refractivity contribution is 5.81. The SMILES string of the molecule is O=C(CCCNC(=O)C1CC1)NCCC(c1ccccc1)c1ccccc1. The van der Waals surface area contributed by atoms with Gasteiger partial charge in [-0.15, -0.1) is 0 Å². The third kappa shape index (κ3) is 6.24. The Morgan fingerprint density at radius 1 is 0.852 bits per heavy atom. The predicted octanol–water partition coefficient (Wildman–Crippen LogP) is 3.63. The van der Waals surface area contributed by atoms with Gasteiger partial charge >= 0.3 is 0 Å². The van der Waals surface area contributed by atoms with Crippen LogP contribution in [-0.2, 0) is 9.59 Å². The number of carbonyl (C=O) groups is 2. The lowest BCUT2D eigenvalue weighted by atomic mass is 9.88. The fourth-order valence-corrected chi connectivity index (χ4v) is 3.29. The fourth-order valence-electron chi connectivity index (χ4n) is 3.29. The number of nitrogens with one attached hydrogen (secondary N) is 2. The van der Waals surface area contributed by atoms with E-state index in [2.05, 4.69) is 59.2 Å². The van der Waals surface area contributed by atoms with Gasteiger partial charge in [0.25, 0.3) is 0 Å². The molecule has 0 aromatic heterocycles. The van der Waals surface area contributed by atoms with E-state index in [4.69, 9.17) is 0 Å². The molecule has 0 saturated heterocycles. The number of carbonyl (C=O) groups excluding carboxylic acids is 2. The molecular weight excluding hydrogens is 336 g/mol. The summed E-state index contributed by atoms with van der Waals surface area (Å²) in [6.07, 6.45) is 4.02. The highest BCUT2D eigenvalue weighted by Gasteiger charge is 2.28. The van der Waals surface area contributed by atoms with Crippen molar-refractivity contribution >= 4 is 11.8 Å². The largest absolute Gasteiger partial charge is 0.356 e. The molecule has 2 amide bonds. The van der Waals surface area contributed by atoms with Crippen molar-refractivity contribution in [3.05, 3.63) is 71.8 Å². The second-order valence-electron chi connectivity index (χ2n) is 7.18. The van der Waals surface area contributed by atoms with Crippen LogP contribution in [0.25, 0.3) is 0 Å². The van der Waals surface area contributed by atoms with Crippen LogP contribution >= 0.6 is 0 Å². The molecule has 4 heteroatoms. The highest BCUT2D eigenvalue weighted by Crippen LogP contribution is 2.28. The van der Waals surface area contributed by atoms with Crippen LogP contribution in [0.2, 0.25) is 0 Å². The molecule has 0 bridgehead atoms. The highest BCUT2D eigenvalue weighted by atomic mass is 16.2. The molecule has 0 aliphatic heterocycles. The number of hydrogen-bond donors (Lipinski definition) is 2. The van der Waals surface area contributed by atoms with Gasteiger partial charge in [-0.05, 0) is 36.8 Å². The Labute approximate surface area is 161 Å². The molecule has 2 aromatic rings. The second-order valence-corrected chi connectivity index (χ2v) is 7.18. The fraction of sp³-hybridized carbons (Fsp3) is 0.391. The molecule has 0 atom stereocenters. The van der Waals surface area contributed by atoms with Crippen molar-refractivity contribution in [2.24, 2.45) is 5.92 Å². The first-order valence-corrected chi connectivity index (χ1v) is 9.88. The van der Waals surface area contributed by atoms with Crippen LogP contribution in [0.1, 0.15) is 49.1 Å². The van der Waals surface area contributed by atoms with E-state index in [1.54, 1.807) is 0 Å². The number of amides is 2. The molecule has 0 radical (unpaired) electrons. The Bertz CT molecular complexity index is 687. The van der Waals surface area contributed by atoms with E-state index in [9.17, 15) is 9.59 Å². The number of hydrogen-bond acceptors (Lipinski definition) is 2. The molecule has 0 heterocycles. The molecule has 0 unspecified atom stereocenters. The summed E-state index contributed by atoms with van der Waals surface area (Å²) >= 11 is 0. The molecule has 1 aliphatic carbocycles. The topological polar surface area (TPSA) is 58.2 Å². The average Bonchev–Trinajstić information content (AvgIpc) is 3.55. The molecule has 4 nitrogen and oxygen atoms in total. The molecule has 0 spiro atoms. The van der Waals surface area contributed by atoms with Crippen molar-refractivity contribution in [3.8, 4) is 0 Å². The Hall–Kier alpha value is -2.62. The van der Waals surface area contributed by atoms with Gasteiger partial charge in [0.2, 0.25) is 11.8 Å². The zero-order valence-electron chi connectivity index (χ0n) is 15.7. The smallest absolute Gasteiger partial charge is 0.223 e. The van der Waals surface area contributed by atoms with Crippen molar-refractivity contribution in [2.75, 3.05) is 13.1 Å². The minimum Gasteiger partial charge on any atom is -0.356 e. The van der Waals surface area contributed by atoms with Gasteiger partial charge in [0.1, 0.15) is 0 Å².